The molecule has 0 aliphatic heterocycles. The lowest BCUT2D eigenvalue weighted by atomic mass is 10.1. The number of alkyl halides is 2. The van der Waals surface area contributed by atoms with E-state index in [1.54, 1.807) is 12.1 Å². The van der Waals surface area contributed by atoms with E-state index in [2.05, 4.69) is 0 Å². The zero-order valence-electron chi connectivity index (χ0n) is 13.0. The molecule has 2 unspecified atom stereocenters. The molecule has 0 N–H and O–H groups in total. The first-order chi connectivity index (χ1) is 11.0. The lowest BCUT2D eigenvalue weighted by Gasteiger charge is -2.13. The normalized spacial score (nSPS) is 13.7. The summed E-state index contributed by atoms with van der Waals surface area (Å²) in [6, 6.07) is 8.79. The van der Waals surface area contributed by atoms with Gasteiger partial charge in [0.15, 0.2) is 0 Å². The zero-order valence-corrected chi connectivity index (χ0v) is 14.5. The molecule has 0 aromatic heterocycles. The Hall–Kier alpha value is -1.32. The van der Waals surface area contributed by atoms with Crippen LogP contribution in [0.2, 0.25) is 0 Å². The van der Waals surface area contributed by atoms with Gasteiger partial charge in [-0.2, -0.15) is 0 Å². The number of hydrogen-bond acceptors (Lipinski definition) is 1. The molecule has 0 fully saturated rings. The Labute approximate surface area is 145 Å². The fraction of sp³-hybridized carbons (Fsp3) is 0.333. The van der Waals surface area contributed by atoms with Crippen LogP contribution in [-0.2, 0) is 0 Å². The minimum atomic E-state index is -0.422. The lowest BCUT2D eigenvalue weighted by molar-refractivity contribution is 0.474. The summed E-state index contributed by atoms with van der Waals surface area (Å²) in [5.41, 5.74) is 0.774. The largest absolute Gasteiger partial charge is 0.457 e. The maximum absolute atomic E-state index is 13.8. The summed E-state index contributed by atoms with van der Waals surface area (Å²) in [4.78, 5) is 0. The van der Waals surface area contributed by atoms with E-state index in [0.29, 0.717) is 35.5 Å². The van der Waals surface area contributed by atoms with E-state index < -0.39 is 10.8 Å². The number of benzene rings is 2. The van der Waals surface area contributed by atoms with E-state index in [-0.39, 0.29) is 11.6 Å². The maximum atomic E-state index is 13.8. The van der Waals surface area contributed by atoms with Gasteiger partial charge in [-0.1, -0.05) is 13.8 Å². The Morgan fingerprint density at radius 1 is 0.826 bits per heavy atom. The Kier molecular flexibility index (Phi) is 6.25. The fourth-order valence-electron chi connectivity index (χ4n) is 2.23. The van der Waals surface area contributed by atoms with Gasteiger partial charge in [0, 0.05) is 11.1 Å². The minimum absolute atomic E-state index is 0.370. The van der Waals surface area contributed by atoms with Crippen molar-refractivity contribution in [2.75, 3.05) is 0 Å². The van der Waals surface area contributed by atoms with Crippen LogP contribution in [0, 0.1) is 11.6 Å². The molecule has 2 aromatic rings. The second kappa shape index (κ2) is 7.98. The molecule has 23 heavy (non-hydrogen) atoms. The molecule has 5 heteroatoms. The SMILES string of the molecule is CCC(Cl)c1cc(Oc2ccc(F)c(C(Cl)CC)c2)ccc1F. The van der Waals surface area contributed by atoms with Crippen molar-refractivity contribution < 1.29 is 13.5 Å². The standard InChI is InChI=1S/C18H18Cl2F2O/c1-3-15(19)13-9-11(5-7-17(13)21)23-12-6-8-18(22)14(10-12)16(20)4-2/h5-10,15-16H,3-4H2,1-2H3. The molecular weight excluding hydrogens is 341 g/mol. The van der Waals surface area contributed by atoms with Crippen molar-refractivity contribution >= 4 is 23.2 Å². The van der Waals surface area contributed by atoms with E-state index in [4.69, 9.17) is 27.9 Å². The van der Waals surface area contributed by atoms with Gasteiger partial charge in [0.1, 0.15) is 23.1 Å². The Morgan fingerprint density at radius 3 is 1.57 bits per heavy atom. The predicted molar refractivity (Wildman–Crippen MR) is 90.6 cm³/mol. The summed E-state index contributed by atoms with van der Waals surface area (Å²) < 4.78 is 33.3. The molecule has 2 rings (SSSR count). The molecule has 0 radical (unpaired) electrons. The van der Waals surface area contributed by atoms with Gasteiger partial charge in [-0.25, -0.2) is 8.78 Å². The minimum Gasteiger partial charge on any atom is -0.457 e. The average molecular weight is 359 g/mol. The van der Waals surface area contributed by atoms with E-state index in [1.165, 1.54) is 24.3 Å². The van der Waals surface area contributed by atoms with Gasteiger partial charge < -0.3 is 4.74 Å². The highest BCUT2D eigenvalue weighted by atomic mass is 35.5. The first-order valence-electron chi connectivity index (χ1n) is 7.51. The molecule has 0 aliphatic carbocycles. The summed E-state index contributed by atoms with van der Waals surface area (Å²) in [6.45, 7) is 3.75. The third-order valence-corrected chi connectivity index (χ3v) is 4.65. The molecule has 0 spiro atoms. The van der Waals surface area contributed by atoms with Gasteiger partial charge >= 0.3 is 0 Å². The smallest absolute Gasteiger partial charge is 0.128 e. The summed E-state index contributed by atoms with van der Waals surface area (Å²) >= 11 is 12.2. The summed E-state index contributed by atoms with van der Waals surface area (Å²) in [6.07, 6.45) is 1.21. The van der Waals surface area contributed by atoms with Crippen LogP contribution < -0.4 is 4.74 Å². The van der Waals surface area contributed by atoms with E-state index in [9.17, 15) is 8.78 Å². The number of hydrogen-bond donors (Lipinski definition) is 0. The molecule has 2 atom stereocenters. The molecule has 0 saturated heterocycles. The van der Waals surface area contributed by atoms with E-state index in [1.807, 2.05) is 13.8 Å². The Morgan fingerprint density at radius 2 is 1.22 bits per heavy atom. The van der Waals surface area contributed by atoms with E-state index >= 15 is 0 Å². The molecule has 1 nitrogen and oxygen atoms in total. The highest BCUT2D eigenvalue weighted by molar-refractivity contribution is 6.21. The van der Waals surface area contributed by atoms with Gasteiger partial charge in [0.05, 0.1) is 10.8 Å². The molecule has 0 aliphatic rings. The van der Waals surface area contributed by atoms with Crippen molar-refractivity contribution in [2.45, 2.75) is 37.4 Å². The monoisotopic (exact) mass is 358 g/mol. The number of halogens is 4. The van der Waals surface area contributed by atoms with Crippen molar-refractivity contribution in [3.8, 4) is 11.5 Å². The first-order valence-corrected chi connectivity index (χ1v) is 8.38. The molecule has 0 saturated carbocycles. The topological polar surface area (TPSA) is 9.23 Å². The summed E-state index contributed by atoms with van der Waals surface area (Å²) in [7, 11) is 0. The molecule has 0 heterocycles. The second-order valence-electron chi connectivity index (χ2n) is 5.22. The molecule has 0 bridgehead atoms. The van der Waals surface area contributed by atoms with Crippen LogP contribution in [0.25, 0.3) is 0 Å². The quantitative estimate of drug-likeness (QED) is 0.498. The Bertz CT molecular complexity index is 619. The van der Waals surface area contributed by atoms with Crippen LogP contribution in [0.15, 0.2) is 36.4 Å². The van der Waals surface area contributed by atoms with Gasteiger partial charge in [0.25, 0.3) is 0 Å². The van der Waals surface area contributed by atoms with Crippen LogP contribution in [-0.4, -0.2) is 0 Å². The van der Waals surface area contributed by atoms with Crippen LogP contribution >= 0.6 is 23.2 Å². The van der Waals surface area contributed by atoms with Crippen molar-refractivity contribution in [2.24, 2.45) is 0 Å². The average Bonchev–Trinajstić information content (AvgIpc) is 2.56. The fourth-order valence-corrected chi connectivity index (χ4v) is 2.56. The number of rotatable bonds is 6. The van der Waals surface area contributed by atoms with Gasteiger partial charge in [-0.15, -0.1) is 23.2 Å². The maximum Gasteiger partial charge on any atom is 0.128 e. The Balaban J connectivity index is 2.29. The van der Waals surface area contributed by atoms with Gasteiger partial charge in [-0.3, -0.25) is 0 Å². The molecule has 124 valence electrons. The van der Waals surface area contributed by atoms with Gasteiger partial charge in [-0.05, 0) is 49.2 Å². The molecule has 0 amide bonds. The second-order valence-corrected chi connectivity index (χ2v) is 6.27. The molecule has 2 aromatic carbocycles. The van der Waals surface area contributed by atoms with Crippen LogP contribution in [0.1, 0.15) is 48.6 Å². The van der Waals surface area contributed by atoms with Crippen molar-refractivity contribution in [1.82, 2.24) is 0 Å². The number of ether oxygens (including phenoxy) is 1. The first kappa shape index (κ1) is 18.0. The van der Waals surface area contributed by atoms with Crippen molar-refractivity contribution in [1.29, 1.82) is 0 Å². The van der Waals surface area contributed by atoms with Crippen LogP contribution in [0.4, 0.5) is 8.78 Å². The highest BCUT2D eigenvalue weighted by Gasteiger charge is 2.15. The third-order valence-electron chi connectivity index (χ3n) is 3.56. The highest BCUT2D eigenvalue weighted by Crippen LogP contribution is 2.34. The predicted octanol–water partition coefficient (Wildman–Crippen LogP) is 7.14. The van der Waals surface area contributed by atoms with Crippen LogP contribution in [0.3, 0.4) is 0 Å². The van der Waals surface area contributed by atoms with E-state index in [0.717, 1.165) is 0 Å². The summed E-state index contributed by atoms with van der Waals surface area (Å²) in [5.74, 6) is 0.151. The van der Waals surface area contributed by atoms with Crippen molar-refractivity contribution in [3.05, 3.63) is 59.2 Å². The third kappa shape index (κ3) is 4.36. The zero-order chi connectivity index (χ0) is 17.0. The lowest BCUT2D eigenvalue weighted by Crippen LogP contribution is -1.97. The van der Waals surface area contributed by atoms with Gasteiger partial charge in [0.2, 0.25) is 0 Å². The van der Waals surface area contributed by atoms with Crippen LogP contribution in [0.5, 0.6) is 11.5 Å². The molecular formula is C18H18Cl2F2O. The van der Waals surface area contributed by atoms with Crippen molar-refractivity contribution in [3.63, 3.8) is 0 Å². The summed E-state index contributed by atoms with van der Waals surface area (Å²) in [5, 5.41) is -0.843.